The van der Waals surface area contributed by atoms with Crippen LogP contribution < -0.4 is 5.73 Å². The summed E-state index contributed by atoms with van der Waals surface area (Å²) in [7, 11) is 2.21. The fourth-order valence-corrected chi connectivity index (χ4v) is 2.41. The summed E-state index contributed by atoms with van der Waals surface area (Å²) in [5, 5.41) is 0. The molecule has 0 aromatic carbocycles. The van der Waals surface area contributed by atoms with Crippen molar-refractivity contribution in [3.05, 3.63) is 0 Å². The second kappa shape index (κ2) is 5.31. The second-order valence-corrected chi connectivity index (χ2v) is 6.13. The van der Waals surface area contributed by atoms with Crippen LogP contribution in [-0.4, -0.2) is 31.1 Å². The lowest BCUT2D eigenvalue weighted by Gasteiger charge is -2.37. The molecule has 0 amide bonds. The maximum absolute atomic E-state index is 5.68. The molecule has 1 aliphatic rings. The first-order valence-electron chi connectivity index (χ1n) is 6.35. The molecule has 1 fully saturated rings. The van der Waals surface area contributed by atoms with Gasteiger partial charge in [-0.25, -0.2) is 0 Å². The average Bonchev–Trinajstić information content (AvgIpc) is 2.20. The van der Waals surface area contributed by atoms with Crippen LogP contribution in [0.15, 0.2) is 0 Å². The maximum Gasteiger partial charge on any atom is 0.0187 e. The Morgan fingerprint density at radius 1 is 1.33 bits per heavy atom. The van der Waals surface area contributed by atoms with Gasteiger partial charge in [0.1, 0.15) is 0 Å². The van der Waals surface area contributed by atoms with Gasteiger partial charge in [-0.2, -0.15) is 0 Å². The van der Waals surface area contributed by atoms with Crippen LogP contribution in [0.2, 0.25) is 0 Å². The lowest BCUT2D eigenvalue weighted by atomic mass is 9.73. The maximum atomic E-state index is 5.68. The highest BCUT2D eigenvalue weighted by Crippen LogP contribution is 2.38. The van der Waals surface area contributed by atoms with Crippen LogP contribution in [0.25, 0.3) is 0 Å². The fourth-order valence-electron chi connectivity index (χ4n) is 2.41. The first kappa shape index (κ1) is 13.0. The van der Waals surface area contributed by atoms with Crippen LogP contribution in [0, 0.1) is 11.3 Å². The van der Waals surface area contributed by atoms with Gasteiger partial charge in [0, 0.05) is 19.1 Å². The Hall–Kier alpha value is -0.0800. The Kier molecular flexibility index (Phi) is 4.60. The van der Waals surface area contributed by atoms with E-state index in [1.54, 1.807) is 0 Å². The van der Waals surface area contributed by atoms with Gasteiger partial charge in [-0.1, -0.05) is 13.8 Å². The van der Waals surface area contributed by atoms with Crippen molar-refractivity contribution >= 4 is 0 Å². The van der Waals surface area contributed by atoms with Crippen molar-refractivity contribution in [2.45, 2.75) is 52.5 Å². The van der Waals surface area contributed by atoms with Gasteiger partial charge in [0.05, 0.1) is 0 Å². The molecule has 90 valence electrons. The summed E-state index contributed by atoms with van der Waals surface area (Å²) < 4.78 is 0. The number of hydrogen-bond donors (Lipinski definition) is 1. The Morgan fingerprint density at radius 3 is 2.33 bits per heavy atom. The third-order valence-corrected chi connectivity index (χ3v) is 4.10. The minimum Gasteiger partial charge on any atom is -0.329 e. The quantitative estimate of drug-likeness (QED) is 0.776. The zero-order chi connectivity index (χ0) is 11.5. The largest absolute Gasteiger partial charge is 0.329 e. The standard InChI is InChI=1S/C13H28N2/c1-11(9-14)15(4)10-12-5-7-13(2,3)8-6-12/h11-12H,5-10,14H2,1-4H3. The molecule has 0 saturated heterocycles. The van der Waals surface area contributed by atoms with Gasteiger partial charge in [0.15, 0.2) is 0 Å². The van der Waals surface area contributed by atoms with E-state index < -0.39 is 0 Å². The SMILES string of the molecule is CC(CN)N(C)CC1CCC(C)(C)CC1. The van der Waals surface area contributed by atoms with Crippen molar-refractivity contribution < 1.29 is 0 Å². The molecule has 2 heteroatoms. The van der Waals surface area contributed by atoms with Crippen LogP contribution in [0.5, 0.6) is 0 Å². The summed E-state index contributed by atoms with van der Waals surface area (Å²) in [6.45, 7) is 9.01. The predicted molar refractivity (Wildman–Crippen MR) is 66.9 cm³/mol. The predicted octanol–water partition coefficient (Wildman–Crippen LogP) is 2.48. The Bertz CT molecular complexity index is 179. The molecular formula is C13H28N2. The lowest BCUT2D eigenvalue weighted by Crippen LogP contribution is -2.39. The minimum atomic E-state index is 0.528. The van der Waals surface area contributed by atoms with E-state index in [4.69, 9.17) is 5.73 Å². The average molecular weight is 212 g/mol. The van der Waals surface area contributed by atoms with Crippen molar-refractivity contribution in [2.75, 3.05) is 20.1 Å². The fraction of sp³-hybridized carbons (Fsp3) is 1.00. The summed E-state index contributed by atoms with van der Waals surface area (Å²) >= 11 is 0. The second-order valence-electron chi connectivity index (χ2n) is 6.13. The summed E-state index contributed by atoms with van der Waals surface area (Å²) in [4.78, 5) is 2.42. The van der Waals surface area contributed by atoms with Crippen molar-refractivity contribution in [3.63, 3.8) is 0 Å². The van der Waals surface area contributed by atoms with Gasteiger partial charge in [-0.3, -0.25) is 0 Å². The van der Waals surface area contributed by atoms with Crippen LogP contribution in [-0.2, 0) is 0 Å². The molecule has 15 heavy (non-hydrogen) atoms. The molecule has 1 rings (SSSR count). The van der Waals surface area contributed by atoms with Gasteiger partial charge in [0.2, 0.25) is 0 Å². The van der Waals surface area contributed by atoms with Gasteiger partial charge in [-0.05, 0) is 51.0 Å². The molecule has 0 aromatic rings. The van der Waals surface area contributed by atoms with Crippen molar-refractivity contribution in [3.8, 4) is 0 Å². The molecular weight excluding hydrogens is 184 g/mol. The zero-order valence-electron chi connectivity index (χ0n) is 10.9. The molecule has 0 bridgehead atoms. The molecule has 1 unspecified atom stereocenters. The summed E-state index contributed by atoms with van der Waals surface area (Å²) in [5.41, 5.74) is 6.27. The number of likely N-dealkylation sites (N-methyl/N-ethyl adjacent to an activating group) is 1. The van der Waals surface area contributed by atoms with Crippen LogP contribution >= 0.6 is 0 Å². The minimum absolute atomic E-state index is 0.528. The Labute approximate surface area is 95.2 Å². The molecule has 0 heterocycles. The van der Waals surface area contributed by atoms with Gasteiger partial charge in [0.25, 0.3) is 0 Å². The molecule has 1 atom stereocenters. The van der Waals surface area contributed by atoms with E-state index in [0.717, 1.165) is 12.5 Å². The number of nitrogens with two attached hydrogens (primary N) is 1. The first-order chi connectivity index (χ1) is 6.94. The van der Waals surface area contributed by atoms with E-state index in [0.29, 0.717) is 11.5 Å². The summed E-state index contributed by atoms with van der Waals surface area (Å²) in [5.74, 6) is 0.900. The van der Waals surface area contributed by atoms with E-state index in [1.807, 2.05) is 0 Å². The Balaban J connectivity index is 2.29. The molecule has 0 spiro atoms. The molecule has 0 aliphatic heterocycles. The third-order valence-electron chi connectivity index (χ3n) is 4.10. The lowest BCUT2D eigenvalue weighted by molar-refractivity contribution is 0.141. The molecule has 2 nitrogen and oxygen atoms in total. The highest BCUT2D eigenvalue weighted by atomic mass is 15.1. The molecule has 0 radical (unpaired) electrons. The third kappa shape index (κ3) is 4.12. The number of hydrogen-bond acceptors (Lipinski definition) is 2. The highest BCUT2D eigenvalue weighted by molar-refractivity contribution is 4.80. The van der Waals surface area contributed by atoms with E-state index in [1.165, 1.54) is 32.2 Å². The van der Waals surface area contributed by atoms with Gasteiger partial charge < -0.3 is 10.6 Å². The van der Waals surface area contributed by atoms with Gasteiger partial charge in [-0.15, -0.1) is 0 Å². The van der Waals surface area contributed by atoms with Crippen molar-refractivity contribution in [2.24, 2.45) is 17.1 Å². The van der Waals surface area contributed by atoms with Crippen LogP contribution in [0.3, 0.4) is 0 Å². The van der Waals surface area contributed by atoms with E-state index in [2.05, 4.69) is 32.7 Å². The van der Waals surface area contributed by atoms with Gasteiger partial charge >= 0.3 is 0 Å². The van der Waals surface area contributed by atoms with E-state index in [9.17, 15) is 0 Å². The van der Waals surface area contributed by atoms with Crippen LogP contribution in [0.1, 0.15) is 46.5 Å². The summed E-state index contributed by atoms with van der Waals surface area (Å²) in [6, 6.07) is 0.528. The Morgan fingerprint density at radius 2 is 1.87 bits per heavy atom. The normalized spacial score (nSPS) is 24.4. The summed E-state index contributed by atoms with van der Waals surface area (Å²) in [6.07, 6.45) is 5.58. The smallest absolute Gasteiger partial charge is 0.0187 e. The number of nitrogens with zero attached hydrogens (tertiary/aromatic N) is 1. The van der Waals surface area contributed by atoms with Crippen molar-refractivity contribution in [1.29, 1.82) is 0 Å². The highest BCUT2D eigenvalue weighted by Gasteiger charge is 2.27. The number of rotatable bonds is 4. The topological polar surface area (TPSA) is 29.3 Å². The van der Waals surface area contributed by atoms with Crippen molar-refractivity contribution in [1.82, 2.24) is 4.90 Å². The van der Waals surface area contributed by atoms with E-state index in [-0.39, 0.29) is 0 Å². The van der Waals surface area contributed by atoms with Crippen LogP contribution in [0.4, 0.5) is 0 Å². The molecule has 0 aromatic heterocycles. The molecule has 1 aliphatic carbocycles. The first-order valence-corrected chi connectivity index (χ1v) is 6.35. The monoisotopic (exact) mass is 212 g/mol. The molecule has 2 N–H and O–H groups in total. The zero-order valence-corrected chi connectivity index (χ0v) is 10.9. The van der Waals surface area contributed by atoms with E-state index >= 15 is 0 Å². The molecule has 1 saturated carbocycles.